The van der Waals surface area contributed by atoms with Gasteiger partial charge in [0.05, 0.1) is 19.8 Å². The lowest BCUT2D eigenvalue weighted by atomic mass is 10.0. The van der Waals surface area contributed by atoms with Crippen molar-refractivity contribution in [2.45, 2.75) is 0 Å². The first-order valence-electron chi connectivity index (χ1n) is 9.36. The molecule has 0 fully saturated rings. The quantitative estimate of drug-likeness (QED) is 0.232. The highest BCUT2D eigenvalue weighted by molar-refractivity contribution is 7.13. The van der Waals surface area contributed by atoms with Gasteiger partial charge in [0, 0.05) is 15.3 Å². The summed E-state index contributed by atoms with van der Waals surface area (Å²) in [4.78, 5) is 15.2. The van der Waals surface area contributed by atoms with Gasteiger partial charge < -0.3 is 9.47 Å². The van der Waals surface area contributed by atoms with Crippen LogP contribution in [0, 0.1) is 0 Å². The Balaban J connectivity index is 1.63. The van der Waals surface area contributed by atoms with Crippen molar-refractivity contribution in [3.63, 3.8) is 0 Å². The Labute approximate surface area is 183 Å². The number of benzene rings is 2. The molecule has 0 saturated heterocycles. The Bertz CT molecular complexity index is 1170. The van der Waals surface area contributed by atoms with Crippen LogP contribution >= 0.6 is 22.7 Å². The summed E-state index contributed by atoms with van der Waals surface area (Å²) in [6.07, 6.45) is 3.36. The number of ether oxygens (including phenoxy) is 2. The number of thiophene rings is 2. The third-order valence-corrected chi connectivity index (χ3v) is 6.56. The highest BCUT2D eigenvalue weighted by atomic mass is 32.1. The van der Waals surface area contributed by atoms with Crippen LogP contribution < -0.4 is 9.47 Å². The van der Waals surface area contributed by atoms with Crippen molar-refractivity contribution < 1.29 is 14.3 Å². The maximum absolute atomic E-state index is 12.9. The van der Waals surface area contributed by atoms with Crippen molar-refractivity contribution in [2.75, 3.05) is 14.2 Å². The normalized spacial score (nSPS) is 11.0. The van der Waals surface area contributed by atoms with E-state index in [4.69, 9.17) is 9.47 Å². The molecule has 0 aliphatic heterocycles. The molecule has 30 heavy (non-hydrogen) atoms. The van der Waals surface area contributed by atoms with Crippen molar-refractivity contribution in [3.05, 3.63) is 88.6 Å². The molecule has 0 radical (unpaired) electrons. The number of methoxy groups -OCH3 is 2. The van der Waals surface area contributed by atoms with Gasteiger partial charge in [-0.2, -0.15) is 0 Å². The molecule has 0 spiro atoms. The summed E-state index contributed by atoms with van der Waals surface area (Å²) in [5.74, 6) is 1.17. The fourth-order valence-corrected chi connectivity index (χ4v) is 4.65. The van der Waals surface area contributed by atoms with Crippen LogP contribution in [0.3, 0.4) is 0 Å². The lowest BCUT2D eigenvalue weighted by molar-refractivity contribution is 0.104. The average Bonchev–Trinajstić information content (AvgIpc) is 3.51. The molecule has 0 unspecified atom stereocenters. The summed E-state index contributed by atoms with van der Waals surface area (Å²) in [7, 11) is 3.22. The van der Waals surface area contributed by atoms with Gasteiger partial charge in [0.1, 0.15) is 11.5 Å². The van der Waals surface area contributed by atoms with Crippen LogP contribution in [0.25, 0.3) is 27.0 Å². The molecule has 0 aliphatic carbocycles. The zero-order valence-corrected chi connectivity index (χ0v) is 18.3. The maximum atomic E-state index is 12.9. The SMILES string of the molecule is COc1ccc(-c2cccs2)cc1/C=C/C(=O)c1ccc(-c2cccs2)cc1OC. The van der Waals surface area contributed by atoms with E-state index in [0.29, 0.717) is 11.3 Å². The zero-order valence-electron chi connectivity index (χ0n) is 16.6. The molecule has 0 amide bonds. The predicted molar refractivity (Wildman–Crippen MR) is 126 cm³/mol. The third-order valence-electron chi connectivity index (χ3n) is 4.72. The monoisotopic (exact) mass is 432 g/mol. The van der Waals surface area contributed by atoms with E-state index >= 15 is 0 Å². The molecule has 4 aromatic rings. The number of carbonyl (C=O) groups is 1. The molecular weight excluding hydrogens is 412 g/mol. The van der Waals surface area contributed by atoms with Crippen molar-refractivity contribution in [1.29, 1.82) is 0 Å². The minimum Gasteiger partial charge on any atom is -0.496 e. The van der Waals surface area contributed by atoms with Crippen LogP contribution in [-0.4, -0.2) is 20.0 Å². The van der Waals surface area contributed by atoms with E-state index in [1.165, 1.54) is 4.88 Å². The Hall–Kier alpha value is -3.15. The first-order valence-corrected chi connectivity index (χ1v) is 11.1. The van der Waals surface area contributed by atoms with Crippen molar-refractivity contribution in [3.8, 4) is 32.4 Å². The van der Waals surface area contributed by atoms with Gasteiger partial charge in [-0.25, -0.2) is 0 Å². The first-order chi connectivity index (χ1) is 14.7. The van der Waals surface area contributed by atoms with Crippen LogP contribution in [0.5, 0.6) is 11.5 Å². The molecule has 0 N–H and O–H groups in total. The standard InChI is InChI=1S/C25H20O3S2/c1-27-22-12-9-18(24-5-3-13-29-24)15-17(22)8-11-21(26)20-10-7-19(16-23(20)28-2)25-6-4-14-30-25/h3-16H,1-2H3/b11-8+. The van der Waals surface area contributed by atoms with Crippen molar-refractivity contribution in [2.24, 2.45) is 0 Å². The summed E-state index contributed by atoms with van der Waals surface area (Å²) in [5.41, 5.74) is 3.51. The third kappa shape index (κ3) is 4.22. The van der Waals surface area contributed by atoms with Gasteiger partial charge in [0.15, 0.2) is 5.78 Å². The lowest BCUT2D eigenvalue weighted by Gasteiger charge is -2.09. The number of rotatable bonds is 7. The summed E-state index contributed by atoms with van der Waals surface area (Å²) >= 11 is 3.33. The number of ketones is 1. The van der Waals surface area contributed by atoms with E-state index in [9.17, 15) is 4.79 Å². The summed E-state index contributed by atoms with van der Waals surface area (Å²) in [6, 6.07) is 19.8. The van der Waals surface area contributed by atoms with Crippen molar-refractivity contribution in [1.82, 2.24) is 0 Å². The van der Waals surface area contributed by atoms with E-state index in [0.717, 1.165) is 27.3 Å². The number of allylic oxidation sites excluding steroid dienone is 1. The van der Waals surface area contributed by atoms with Crippen molar-refractivity contribution >= 4 is 34.5 Å². The molecule has 4 rings (SSSR count). The minimum absolute atomic E-state index is 0.117. The van der Waals surface area contributed by atoms with Crippen LogP contribution in [0.4, 0.5) is 0 Å². The van der Waals surface area contributed by atoms with Gasteiger partial charge >= 0.3 is 0 Å². The minimum atomic E-state index is -0.117. The smallest absolute Gasteiger partial charge is 0.189 e. The second-order valence-electron chi connectivity index (χ2n) is 6.52. The van der Waals surface area contributed by atoms with Gasteiger partial charge in [0.25, 0.3) is 0 Å². The number of hydrogen-bond acceptors (Lipinski definition) is 5. The van der Waals surface area contributed by atoms with Gasteiger partial charge in [-0.3, -0.25) is 4.79 Å². The highest BCUT2D eigenvalue weighted by Crippen LogP contribution is 2.32. The van der Waals surface area contributed by atoms with E-state index in [1.807, 2.05) is 65.4 Å². The Morgan fingerprint density at radius 3 is 2.03 bits per heavy atom. The molecule has 2 aromatic carbocycles. The maximum Gasteiger partial charge on any atom is 0.189 e. The fourth-order valence-electron chi connectivity index (χ4n) is 3.21. The Morgan fingerprint density at radius 1 is 0.800 bits per heavy atom. The molecule has 0 atom stereocenters. The fraction of sp³-hybridized carbons (Fsp3) is 0.0800. The molecule has 0 saturated carbocycles. The Kier molecular flexibility index (Phi) is 6.12. The topological polar surface area (TPSA) is 35.5 Å². The average molecular weight is 433 g/mol. The van der Waals surface area contributed by atoms with Gasteiger partial charge in [0.2, 0.25) is 0 Å². The van der Waals surface area contributed by atoms with Crippen LogP contribution in [-0.2, 0) is 0 Å². The summed E-state index contributed by atoms with van der Waals surface area (Å²) in [5, 5.41) is 4.08. The Morgan fingerprint density at radius 2 is 1.43 bits per heavy atom. The van der Waals surface area contributed by atoms with E-state index in [2.05, 4.69) is 6.07 Å². The number of carbonyl (C=O) groups excluding carboxylic acids is 1. The highest BCUT2D eigenvalue weighted by Gasteiger charge is 2.12. The zero-order chi connectivity index (χ0) is 20.9. The van der Waals surface area contributed by atoms with Crippen LogP contribution in [0.15, 0.2) is 77.5 Å². The summed E-state index contributed by atoms with van der Waals surface area (Å²) < 4.78 is 11.0. The predicted octanol–water partition coefficient (Wildman–Crippen LogP) is 7.06. The van der Waals surface area contributed by atoms with E-state index in [-0.39, 0.29) is 5.78 Å². The van der Waals surface area contributed by atoms with Crippen LogP contribution in [0.2, 0.25) is 0 Å². The first kappa shape index (κ1) is 20.1. The van der Waals surface area contributed by atoms with Gasteiger partial charge in [-0.1, -0.05) is 18.2 Å². The van der Waals surface area contributed by atoms with E-state index in [1.54, 1.807) is 49.0 Å². The molecule has 0 bridgehead atoms. The van der Waals surface area contributed by atoms with Gasteiger partial charge in [-0.05, 0) is 76.5 Å². The molecule has 2 heterocycles. The van der Waals surface area contributed by atoms with E-state index < -0.39 is 0 Å². The lowest BCUT2D eigenvalue weighted by Crippen LogP contribution is -1.99. The molecule has 3 nitrogen and oxygen atoms in total. The second kappa shape index (κ2) is 9.11. The largest absolute Gasteiger partial charge is 0.496 e. The number of hydrogen-bond donors (Lipinski definition) is 0. The van der Waals surface area contributed by atoms with Crippen LogP contribution in [0.1, 0.15) is 15.9 Å². The molecule has 5 heteroatoms. The second-order valence-corrected chi connectivity index (χ2v) is 8.42. The molecule has 2 aromatic heterocycles. The molecule has 0 aliphatic rings. The summed E-state index contributed by atoms with van der Waals surface area (Å²) in [6.45, 7) is 0. The molecular formula is C25H20O3S2. The van der Waals surface area contributed by atoms with Gasteiger partial charge in [-0.15, -0.1) is 22.7 Å². The molecule has 150 valence electrons.